The topological polar surface area (TPSA) is 126 Å². The summed E-state index contributed by atoms with van der Waals surface area (Å²) in [5, 5.41) is 12.1. The lowest BCUT2D eigenvalue weighted by atomic mass is 10.2. The molecule has 0 radical (unpaired) electrons. The van der Waals surface area contributed by atoms with E-state index in [0.717, 1.165) is 18.7 Å². The molecule has 2 saturated heterocycles. The Hall–Kier alpha value is -3.44. The van der Waals surface area contributed by atoms with Crippen molar-refractivity contribution >= 4 is 29.3 Å². The van der Waals surface area contributed by atoms with Crippen molar-refractivity contribution in [3.8, 4) is 5.88 Å². The number of carbonyl (C=O) groups excluding carboxylic acids is 1. The van der Waals surface area contributed by atoms with Crippen molar-refractivity contribution in [3.63, 3.8) is 0 Å². The normalized spacial score (nSPS) is 22.7. The molecule has 11 heteroatoms. The molecule has 0 unspecified atom stereocenters. The molecule has 0 aliphatic carbocycles. The number of nitrogens with zero attached hydrogens (tertiary/aromatic N) is 4. The highest BCUT2D eigenvalue weighted by Crippen LogP contribution is 2.39. The van der Waals surface area contributed by atoms with Crippen LogP contribution in [0.25, 0.3) is 0 Å². The molecule has 174 valence electrons. The number of rotatable bonds is 5. The standard InChI is InChI=1S/C22H25N5O6/c1-22(2)32-12-14(33-22)11-31-18-5-3-4-17(24-18)25-21(30)27-13-8-9-26(10-13)16-7-6-15(20(28)29)23-19(16)27/h3-7,13-14H,8-12H2,1-2H3,(H,28,29)(H,24,25,30)/t13-,14+/m0/s1. The molecule has 5 heterocycles. The number of hydrogen-bond acceptors (Lipinski definition) is 8. The Balaban J connectivity index is 1.31. The van der Waals surface area contributed by atoms with E-state index in [1.54, 1.807) is 24.3 Å². The fourth-order valence-corrected chi connectivity index (χ4v) is 4.35. The molecular formula is C22H25N5O6. The van der Waals surface area contributed by atoms with Gasteiger partial charge in [0.1, 0.15) is 18.5 Å². The van der Waals surface area contributed by atoms with Crippen molar-refractivity contribution in [1.29, 1.82) is 0 Å². The van der Waals surface area contributed by atoms with E-state index in [1.165, 1.54) is 11.0 Å². The van der Waals surface area contributed by atoms with E-state index in [0.29, 0.717) is 30.7 Å². The molecule has 0 saturated carbocycles. The number of pyridine rings is 2. The van der Waals surface area contributed by atoms with Crippen LogP contribution in [0.5, 0.6) is 5.88 Å². The number of carbonyl (C=O) groups is 2. The first-order chi connectivity index (χ1) is 15.8. The number of ether oxygens (including phenoxy) is 3. The number of carboxylic acids is 1. The summed E-state index contributed by atoms with van der Waals surface area (Å²) in [5.74, 6) is -0.768. The number of hydrogen-bond donors (Lipinski definition) is 2. The Morgan fingerprint density at radius 3 is 2.88 bits per heavy atom. The van der Waals surface area contributed by atoms with Gasteiger partial charge < -0.3 is 24.2 Å². The lowest BCUT2D eigenvalue weighted by Gasteiger charge is -2.35. The highest BCUT2D eigenvalue weighted by atomic mass is 16.7. The monoisotopic (exact) mass is 455 g/mol. The maximum Gasteiger partial charge on any atom is 0.354 e. The fourth-order valence-electron chi connectivity index (χ4n) is 4.35. The SMILES string of the molecule is CC1(C)OC[C@@H](COc2cccc(NC(=O)N3c4nc(C(=O)O)ccc4N4CC[C@H]3C4)n2)O1. The highest BCUT2D eigenvalue weighted by molar-refractivity contribution is 6.04. The lowest BCUT2D eigenvalue weighted by molar-refractivity contribution is -0.141. The van der Waals surface area contributed by atoms with Gasteiger partial charge >= 0.3 is 12.0 Å². The van der Waals surface area contributed by atoms with Crippen molar-refractivity contribution in [2.24, 2.45) is 0 Å². The predicted octanol–water partition coefficient (Wildman–Crippen LogP) is 2.34. The third kappa shape index (κ3) is 4.29. The summed E-state index contributed by atoms with van der Waals surface area (Å²) in [4.78, 5) is 36.9. The van der Waals surface area contributed by atoms with Gasteiger partial charge in [-0.3, -0.25) is 10.2 Å². The smallest absolute Gasteiger partial charge is 0.354 e. The Bertz CT molecular complexity index is 1090. The fraction of sp³-hybridized carbons (Fsp3) is 0.455. The van der Waals surface area contributed by atoms with Gasteiger partial charge in [0.15, 0.2) is 17.3 Å². The number of urea groups is 1. The van der Waals surface area contributed by atoms with E-state index in [1.807, 2.05) is 13.8 Å². The van der Waals surface area contributed by atoms with E-state index >= 15 is 0 Å². The average Bonchev–Trinajstić information content (AvgIpc) is 3.35. The molecule has 3 aliphatic rings. The van der Waals surface area contributed by atoms with Gasteiger partial charge in [0.2, 0.25) is 5.88 Å². The second kappa shape index (κ2) is 8.16. The van der Waals surface area contributed by atoms with Crippen LogP contribution in [0.2, 0.25) is 0 Å². The molecule has 0 spiro atoms. The van der Waals surface area contributed by atoms with E-state index in [2.05, 4.69) is 20.2 Å². The van der Waals surface area contributed by atoms with Gasteiger partial charge in [0.25, 0.3) is 0 Å². The van der Waals surface area contributed by atoms with E-state index < -0.39 is 17.8 Å². The Morgan fingerprint density at radius 2 is 2.12 bits per heavy atom. The average molecular weight is 455 g/mol. The van der Waals surface area contributed by atoms with Crippen LogP contribution in [-0.4, -0.2) is 71.3 Å². The quantitative estimate of drug-likeness (QED) is 0.698. The van der Waals surface area contributed by atoms with E-state index in [-0.39, 0.29) is 24.4 Å². The second-order valence-corrected chi connectivity index (χ2v) is 8.66. The molecule has 0 aromatic carbocycles. The van der Waals surface area contributed by atoms with Crippen LogP contribution < -0.4 is 19.9 Å². The third-order valence-electron chi connectivity index (χ3n) is 5.83. The van der Waals surface area contributed by atoms with Gasteiger partial charge in [0.05, 0.1) is 18.3 Å². The molecule has 2 N–H and O–H groups in total. The number of anilines is 3. The summed E-state index contributed by atoms with van der Waals surface area (Å²) in [5.41, 5.74) is 0.638. The maximum absolute atomic E-state index is 13.2. The second-order valence-electron chi connectivity index (χ2n) is 8.66. The van der Waals surface area contributed by atoms with Gasteiger partial charge in [-0.15, -0.1) is 0 Å². The summed E-state index contributed by atoms with van der Waals surface area (Å²) in [6.45, 7) is 5.84. The lowest BCUT2D eigenvalue weighted by Crippen LogP contribution is -2.48. The molecule has 2 atom stereocenters. The zero-order chi connectivity index (χ0) is 23.2. The van der Waals surface area contributed by atoms with E-state index in [4.69, 9.17) is 14.2 Å². The van der Waals surface area contributed by atoms with Crippen LogP contribution in [0.15, 0.2) is 30.3 Å². The molecule has 5 rings (SSSR count). The van der Waals surface area contributed by atoms with Crippen LogP contribution in [-0.2, 0) is 9.47 Å². The number of nitrogens with one attached hydrogen (secondary N) is 1. The number of carboxylic acid groups (broad SMARTS) is 1. The zero-order valence-electron chi connectivity index (χ0n) is 18.4. The Labute approximate surface area is 190 Å². The molecule has 2 fully saturated rings. The van der Waals surface area contributed by atoms with Crippen molar-refractivity contribution < 1.29 is 28.9 Å². The molecule has 33 heavy (non-hydrogen) atoms. The van der Waals surface area contributed by atoms with Crippen LogP contribution in [0.4, 0.5) is 22.1 Å². The number of amides is 2. The molecule has 3 aliphatic heterocycles. The van der Waals surface area contributed by atoms with Gasteiger partial charge in [0, 0.05) is 19.2 Å². The number of aromatic nitrogens is 2. The van der Waals surface area contributed by atoms with Crippen LogP contribution in [0.1, 0.15) is 30.8 Å². The van der Waals surface area contributed by atoms with E-state index in [9.17, 15) is 14.7 Å². The summed E-state index contributed by atoms with van der Waals surface area (Å²) < 4.78 is 17.0. The van der Waals surface area contributed by atoms with Crippen molar-refractivity contribution in [1.82, 2.24) is 9.97 Å². The Kier molecular flexibility index (Phi) is 5.29. The largest absolute Gasteiger partial charge is 0.477 e. The Morgan fingerprint density at radius 1 is 1.27 bits per heavy atom. The molecule has 11 nitrogen and oxygen atoms in total. The predicted molar refractivity (Wildman–Crippen MR) is 118 cm³/mol. The molecule has 2 aromatic rings. The van der Waals surface area contributed by atoms with Gasteiger partial charge in [-0.2, -0.15) is 4.98 Å². The minimum absolute atomic E-state index is 0.101. The summed E-state index contributed by atoms with van der Waals surface area (Å²) in [7, 11) is 0. The van der Waals surface area contributed by atoms with Gasteiger partial charge in [-0.05, 0) is 38.5 Å². The van der Waals surface area contributed by atoms with Crippen molar-refractivity contribution in [3.05, 3.63) is 36.0 Å². The number of aromatic carboxylic acids is 1. The first-order valence-electron chi connectivity index (χ1n) is 10.8. The van der Waals surface area contributed by atoms with Gasteiger partial charge in [-0.1, -0.05) is 6.07 Å². The van der Waals surface area contributed by atoms with Crippen LogP contribution in [0.3, 0.4) is 0 Å². The van der Waals surface area contributed by atoms with Crippen molar-refractivity contribution in [2.45, 2.75) is 38.2 Å². The first kappa shape index (κ1) is 21.4. The number of fused-ring (bicyclic) bond motifs is 4. The molecule has 2 amide bonds. The zero-order valence-corrected chi connectivity index (χ0v) is 18.4. The molecule has 2 bridgehead atoms. The van der Waals surface area contributed by atoms with Gasteiger partial charge in [-0.25, -0.2) is 14.6 Å². The molecular weight excluding hydrogens is 430 g/mol. The van der Waals surface area contributed by atoms with Crippen LogP contribution in [0, 0.1) is 0 Å². The minimum atomic E-state index is -1.14. The van der Waals surface area contributed by atoms with Crippen molar-refractivity contribution in [2.75, 3.05) is 41.4 Å². The maximum atomic E-state index is 13.2. The first-order valence-corrected chi connectivity index (χ1v) is 10.8. The highest BCUT2D eigenvalue weighted by Gasteiger charge is 2.40. The summed E-state index contributed by atoms with van der Waals surface area (Å²) in [6, 6.07) is 7.73. The summed E-state index contributed by atoms with van der Waals surface area (Å²) in [6.07, 6.45) is 0.562. The third-order valence-corrected chi connectivity index (χ3v) is 5.83. The molecule has 2 aromatic heterocycles. The minimum Gasteiger partial charge on any atom is -0.477 e. The summed E-state index contributed by atoms with van der Waals surface area (Å²) >= 11 is 0. The van der Waals surface area contributed by atoms with Crippen LogP contribution >= 0.6 is 0 Å².